The first-order valence-electron chi connectivity index (χ1n) is 10.3. The van der Waals surface area contributed by atoms with Gasteiger partial charge in [0.15, 0.2) is 11.5 Å². The minimum atomic E-state index is -0.537. The molecule has 1 aromatic heterocycles. The third kappa shape index (κ3) is 4.99. The van der Waals surface area contributed by atoms with Gasteiger partial charge in [0.1, 0.15) is 29.4 Å². The third-order valence-electron chi connectivity index (χ3n) is 5.35. The number of rotatable bonds is 9. The monoisotopic (exact) mass is 500 g/mol. The van der Waals surface area contributed by atoms with Gasteiger partial charge < -0.3 is 19.1 Å². The van der Waals surface area contributed by atoms with Crippen LogP contribution < -0.4 is 24.6 Å². The zero-order valence-electron chi connectivity index (χ0n) is 19.1. The highest BCUT2D eigenvalue weighted by Crippen LogP contribution is 2.38. The van der Waals surface area contributed by atoms with Crippen molar-refractivity contribution in [3.8, 4) is 17.2 Å². The van der Waals surface area contributed by atoms with Crippen LogP contribution in [0.4, 0.5) is 21.6 Å². The van der Waals surface area contributed by atoms with E-state index in [9.17, 15) is 4.39 Å². The number of methoxy groups -OCH3 is 3. The molecule has 0 aliphatic carbocycles. The van der Waals surface area contributed by atoms with E-state index in [4.69, 9.17) is 31.1 Å². The number of nitrogens with one attached hydrogen (secondary N) is 1. The number of aromatic nitrogens is 2. The van der Waals surface area contributed by atoms with Gasteiger partial charge in [-0.3, -0.25) is 0 Å². The number of anilines is 3. The molecule has 0 amide bonds. The van der Waals surface area contributed by atoms with E-state index in [0.717, 1.165) is 5.56 Å². The summed E-state index contributed by atoms with van der Waals surface area (Å²) in [5.41, 5.74) is 4.75. The Labute approximate surface area is 205 Å². The summed E-state index contributed by atoms with van der Waals surface area (Å²) >= 11 is 6.12. The van der Waals surface area contributed by atoms with Crippen LogP contribution in [0.3, 0.4) is 0 Å². The Hall–Kier alpha value is -3.86. The highest BCUT2D eigenvalue weighted by molar-refractivity contribution is 6.31. The first kappa shape index (κ1) is 24.3. The molecular weight excluding hydrogens is 479 g/mol. The van der Waals surface area contributed by atoms with E-state index >= 15 is 0 Å². The fourth-order valence-electron chi connectivity index (χ4n) is 3.69. The molecule has 0 radical (unpaired) electrons. The summed E-state index contributed by atoms with van der Waals surface area (Å²) in [4.78, 5) is 14.8. The van der Waals surface area contributed by atoms with Crippen LogP contribution in [-0.4, -0.2) is 36.6 Å². The summed E-state index contributed by atoms with van der Waals surface area (Å²) in [6.45, 7) is 0.319. The lowest BCUT2D eigenvalue weighted by Crippen LogP contribution is -2.18. The number of fused-ring (bicyclic) bond motifs is 1. The Morgan fingerprint density at radius 2 is 1.71 bits per heavy atom. The molecular formula is C24H22ClFN4O5. The largest absolute Gasteiger partial charge is 0.494 e. The van der Waals surface area contributed by atoms with Crippen LogP contribution >= 0.6 is 11.6 Å². The van der Waals surface area contributed by atoms with Crippen molar-refractivity contribution in [3.05, 3.63) is 71.3 Å². The summed E-state index contributed by atoms with van der Waals surface area (Å²) < 4.78 is 30.1. The van der Waals surface area contributed by atoms with Crippen molar-refractivity contribution in [2.45, 2.75) is 6.54 Å². The maximum atomic E-state index is 14.0. The second-order valence-electron chi connectivity index (χ2n) is 7.33. The van der Waals surface area contributed by atoms with E-state index in [0.29, 0.717) is 51.9 Å². The normalized spacial score (nSPS) is 10.8. The van der Waals surface area contributed by atoms with Gasteiger partial charge in [-0.15, -0.1) is 4.99 Å². The highest BCUT2D eigenvalue weighted by atomic mass is 35.5. The van der Waals surface area contributed by atoms with Gasteiger partial charge in [-0.2, -0.15) is 0 Å². The average molecular weight is 501 g/mol. The second kappa shape index (κ2) is 10.6. The van der Waals surface area contributed by atoms with Crippen LogP contribution in [0.25, 0.3) is 10.9 Å². The maximum absolute atomic E-state index is 14.0. The van der Waals surface area contributed by atoms with E-state index in [1.165, 1.54) is 25.6 Å². The van der Waals surface area contributed by atoms with Crippen molar-refractivity contribution in [2.24, 2.45) is 0 Å². The van der Waals surface area contributed by atoms with Gasteiger partial charge in [-0.25, -0.2) is 25.1 Å². The van der Waals surface area contributed by atoms with E-state index in [-0.39, 0.29) is 5.02 Å². The molecule has 0 atom stereocenters. The molecule has 0 unspecified atom stereocenters. The van der Waals surface area contributed by atoms with Crippen molar-refractivity contribution in [3.63, 3.8) is 0 Å². The van der Waals surface area contributed by atoms with Crippen LogP contribution in [0.1, 0.15) is 5.56 Å². The quantitative estimate of drug-likeness (QED) is 0.224. The van der Waals surface area contributed by atoms with E-state index in [2.05, 4.69) is 20.4 Å². The first-order valence-corrected chi connectivity index (χ1v) is 10.7. The summed E-state index contributed by atoms with van der Waals surface area (Å²) in [6.07, 6.45) is 1.42. The van der Waals surface area contributed by atoms with Crippen LogP contribution in [-0.2, 0) is 11.5 Å². The number of hydrogen-bond acceptors (Lipinski definition) is 9. The Morgan fingerprint density at radius 3 is 2.40 bits per heavy atom. The van der Waals surface area contributed by atoms with Crippen molar-refractivity contribution in [1.82, 2.24) is 9.97 Å². The second-order valence-corrected chi connectivity index (χ2v) is 7.74. The maximum Gasteiger partial charge on any atom is 0.161 e. The third-order valence-corrected chi connectivity index (χ3v) is 5.64. The molecule has 0 fully saturated rings. The fourth-order valence-corrected chi connectivity index (χ4v) is 3.86. The molecule has 0 saturated carbocycles. The molecule has 3 aromatic carbocycles. The molecule has 0 bridgehead atoms. The minimum Gasteiger partial charge on any atom is -0.494 e. The van der Waals surface area contributed by atoms with Crippen LogP contribution in [0.5, 0.6) is 17.2 Å². The lowest BCUT2D eigenvalue weighted by atomic mass is 10.1. The molecule has 35 heavy (non-hydrogen) atoms. The van der Waals surface area contributed by atoms with Crippen LogP contribution in [0.2, 0.25) is 5.02 Å². The Kier molecular flexibility index (Phi) is 7.35. The van der Waals surface area contributed by atoms with Gasteiger partial charge in [0, 0.05) is 23.7 Å². The molecule has 0 saturated heterocycles. The zero-order chi connectivity index (χ0) is 24.9. The van der Waals surface area contributed by atoms with Crippen molar-refractivity contribution < 1.29 is 28.8 Å². The van der Waals surface area contributed by atoms with Crippen LogP contribution in [0, 0.1) is 5.82 Å². The molecule has 0 aliphatic heterocycles. The SMILES string of the molecule is COc1cc2ncnc(N(Cc3ccc(OC)c(OC)c3)c3ccc(F)c(Cl)c3)c2cc1NOO. The van der Waals surface area contributed by atoms with E-state index in [1.807, 2.05) is 17.0 Å². The molecule has 182 valence electrons. The lowest BCUT2D eigenvalue weighted by molar-refractivity contribution is -0.215. The number of benzene rings is 3. The smallest absolute Gasteiger partial charge is 0.161 e. The average Bonchev–Trinajstić information content (AvgIpc) is 2.88. The van der Waals surface area contributed by atoms with Gasteiger partial charge in [-0.05, 0) is 42.0 Å². The van der Waals surface area contributed by atoms with Gasteiger partial charge in [0.05, 0.1) is 31.9 Å². The van der Waals surface area contributed by atoms with E-state index < -0.39 is 5.82 Å². The standard InChI is InChI=1S/C24H22ClFN4O5/c1-32-21-7-4-14(8-23(21)34-3)12-30(15-5-6-18(26)17(25)9-15)24-16-10-20(29-35-31)22(33-2)11-19(16)27-13-28-24/h4-11,13,29,31H,12H2,1-3H3. The first-order chi connectivity index (χ1) is 17.0. The molecule has 0 aliphatic rings. The van der Waals surface area contributed by atoms with Crippen molar-refractivity contribution in [2.75, 3.05) is 31.7 Å². The summed E-state index contributed by atoms with van der Waals surface area (Å²) in [7, 11) is 4.60. The topological polar surface area (TPSA) is 98.2 Å². The number of hydrogen-bond donors (Lipinski definition) is 2. The van der Waals surface area contributed by atoms with Gasteiger partial charge >= 0.3 is 0 Å². The number of nitrogens with zero attached hydrogens (tertiary/aromatic N) is 3. The van der Waals surface area contributed by atoms with Crippen LogP contribution in [0.15, 0.2) is 54.9 Å². The molecule has 2 N–H and O–H groups in total. The molecule has 0 spiro atoms. The molecule has 1 heterocycles. The number of halogens is 2. The van der Waals surface area contributed by atoms with Gasteiger partial charge in [0.2, 0.25) is 0 Å². The molecule has 11 heteroatoms. The molecule has 4 aromatic rings. The minimum absolute atomic E-state index is 0.0316. The summed E-state index contributed by atoms with van der Waals surface area (Å²) in [5.74, 6) is 1.51. The Balaban J connectivity index is 1.90. The van der Waals surface area contributed by atoms with E-state index in [1.54, 1.807) is 38.5 Å². The van der Waals surface area contributed by atoms with Crippen molar-refractivity contribution in [1.29, 1.82) is 0 Å². The highest BCUT2D eigenvalue weighted by Gasteiger charge is 2.19. The predicted molar refractivity (Wildman–Crippen MR) is 130 cm³/mol. The van der Waals surface area contributed by atoms with Gasteiger partial charge in [0.25, 0.3) is 0 Å². The summed E-state index contributed by atoms with van der Waals surface area (Å²) in [6, 6.07) is 13.3. The Morgan fingerprint density at radius 1 is 0.943 bits per heavy atom. The molecule has 9 nitrogen and oxygen atoms in total. The Bertz CT molecular complexity index is 1360. The fraction of sp³-hybridized carbons (Fsp3) is 0.167. The predicted octanol–water partition coefficient (Wildman–Crippen LogP) is 5.60. The molecule has 4 rings (SSSR count). The zero-order valence-corrected chi connectivity index (χ0v) is 19.8. The summed E-state index contributed by atoms with van der Waals surface area (Å²) in [5, 5.41) is 9.50. The number of ether oxygens (including phenoxy) is 3. The lowest BCUT2D eigenvalue weighted by Gasteiger charge is -2.26. The van der Waals surface area contributed by atoms with Crippen molar-refractivity contribution >= 4 is 39.7 Å². The van der Waals surface area contributed by atoms with Gasteiger partial charge in [-0.1, -0.05) is 17.7 Å².